The van der Waals surface area contributed by atoms with Crippen LogP contribution >= 0.6 is 11.6 Å². The Morgan fingerprint density at radius 1 is 1.17 bits per heavy atom. The average molecular weight is 426 g/mol. The molecule has 0 spiro atoms. The molecule has 1 fully saturated rings. The average Bonchev–Trinajstić information content (AvgIpc) is 3.20. The van der Waals surface area contributed by atoms with E-state index in [9.17, 15) is 4.79 Å². The van der Waals surface area contributed by atoms with Gasteiger partial charge in [-0.05, 0) is 39.1 Å². The number of nitrogens with zero attached hydrogens (tertiary/aromatic N) is 6. The fraction of sp³-hybridized carbons (Fsp3) is 0.429. The molecule has 0 aliphatic carbocycles. The topological polar surface area (TPSA) is 79.2 Å². The molecule has 2 aromatic heterocycles. The van der Waals surface area contributed by atoms with Gasteiger partial charge in [0, 0.05) is 50.0 Å². The van der Waals surface area contributed by atoms with Gasteiger partial charge >= 0.3 is 0 Å². The molecule has 1 saturated heterocycles. The second kappa shape index (κ2) is 7.21. The standard InChI is InChI=1S/C21H24ClN7O/c1-12-10-28(11-13(2)27(12)3)17-5-4-14(8-16(17)22)18-24-9-15-19(25-18)29-7-6-23-21(29)26-20(15)30/h4-5,8-9,12-13H,6-7,10-11H2,1-3H3,(H,23,26,30)/t12-,13+. The van der Waals surface area contributed by atoms with E-state index in [4.69, 9.17) is 11.6 Å². The summed E-state index contributed by atoms with van der Waals surface area (Å²) >= 11 is 6.70. The second-order valence-corrected chi connectivity index (χ2v) is 8.59. The molecule has 0 unspecified atom stereocenters. The number of likely N-dealkylation sites (N-methyl/N-ethyl adjacent to an activating group) is 1. The Morgan fingerprint density at radius 3 is 2.67 bits per heavy atom. The summed E-state index contributed by atoms with van der Waals surface area (Å²) in [6.45, 7) is 7.78. The van der Waals surface area contributed by atoms with Crippen LogP contribution in [0, 0.1) is 0 Å². The number of anilines is 2. The summed E-state index contributed by atoms with van der Waals surface area (Å²) in [7, 11) is 2.17. The molecule has 30 heavy (non-hydrogen) atoms. The van der Waals surface area contributed by atoms with Crippen LogP contribution in [0.3, 0.4) is 0 Å². The van der Waals surface area contributed by atoms with E-state index in [2.05, 4.69) is 51.0 Å². The number of piperazine rings is 1. The van der Waals surface area contributed by atoms with Crippen LogP contribution in [-0.2, 0) is 6.54 Å². The minimum atomic E-state index is -0.316. The van der Waals surface area contributed by atoms with Crippen LogP contribution in [0.1, 0.15) is 13.8 Å². The molecule has 4 heterocycles. The van der Waals surface area contributed by atoms with Crippen LogP contribution in [0.25, 0.3) is 22.4 Å². The Bertz CT molecular complexity index is 1180. The number of aromatic nitrogens is 4. The van der Waals surface area contributed by atoms with Crippen LogP contribution in [0.4, 0.5) is 11.6 Å². The lowest BCUT2D eigenvalue weighted by molar-refractivity contribution is 0.170. The third kappa shape index (κ3) is 3.11. The second-order valence-electron chi connectivity index (χ2n) is 8.18. The lowest BCUT2D eigenvalue weighted by atomic mass is 10.1. The van der Waals surface area contributed by atoms with E-state index in [0.717, 1.165) is 37.4 Å². The smallest absolute Gasteiger partial charge is 0.285 e. The lowest BCUT2D eigenvalue weighted by Gasteiger charge is -2.43. The van der Waals surface area contributed by atoms with Gasteiger partial charge in [-0.3, -0.25) is 14.3 Å². The Labute approximate surface area is 179 Å². The van der Waals surface area contributed by atoms with E-state index in [1.807, 2.05) is 22.8 Å². The van der Waals surface area contributed by atoms with Crippen LogP contribution < -0.4 is 15.8 Å². The summed E-state index contributed by atoms with van der Waals surface area (Å²) < 4.78 is 1.92. The first-order valence-electron chi connectivity index (χ1n) is 10.2. The van der Waals surface area contributed by atoms with Gasteiger partial charge < -0.3 is 10.2 Å². The summed E-state index contributed by atoms with van der Waals surface area (Å²) in [5, 5.41) is 4.22. The Morgan fingerprint density at radius 2 is 1.93 bits per heavy atom. The van der Waals surface area contributed by atoms with E-state index in [1.54, 1.807) is 6.20 Å². The van der Waals surface area contributed by atoms with Gasteiger partial charge in [0.1, 0.15) is 5.39 Å². The largest absolute Gasteiger partial charge is 0.367 e. The zero-order chi connectivity index (χ0) is 21.0. The first kappa shape index (κ1) is 19.3. The maximum absolute atomic E-state index is 12.3. The highest BCUT2D eigenvalue weighted by Gasteiger charge is 2.27. The van der Waals surface area contributed by atoms with Crippen LogP contribution in [-0.4, -0.2) is 63.2 Å². The molecule has 0 saturated carbocycles. The zero-order valence-electron chi connectivity index (χ0n) is 17.3. The molecule has 2 aliphatic heterocycles. The number of hydrogen-bond acceptors (Lipinski definition) is 7. The van der Waals surface area contributed by atoms with Crippen molar-refractivity contribution in [2.75, 3.05) is 36.9 Å². The summed E-state index contributed by atoms with van der Waals surface area (Å²) in [5.74, 6) is 1.10. The first-order chi connectivity index (χ1) is 14.4. The van der Waals surface area contributed by atoms with E-state index < -0.39 is 0 Å². The number of halogens is 1. The highest BCUT2D eigenvalue weighted by Crippen LogP contribution is 2.32. The van der Waals surface area contributed by atoms with Crippen molar-refractivity contribution in [3.05, 3.63) is 39.8 Å². The van der Waals surface area contributed by atoms with E-state index in [-0.39, 0.29) is 5.56 Å². The molecule has 156 valence electrons. The van der Waals surface area contributed by atoms with Crippen LogP contribution in [0.2, 0.25) is 5.02 Å². The predicted octanol–water partition coefficient (Wildman–Crippen LogP) is 2.46. The highest BCUT2D eigenvalue weighted by molar-refractivity contribution is 6.33. The van der Waals surface area contributed by atoms with Gasteiger partial charge in [-0.25, -0.2) is 9.97 Å². The third-order valence-corrected chi connectivity index (χ3v) is 6.55. The molecule has 0 amide bonds. The Balaban J connectivity index is 1.52. The Kier molecular flexibility index (Phi) is 4.63. The molecular weight excluding hydrogens is 402 g/mol. The summed E-state index contributed by atoms with van der Waals surface area (Å²) in [6, 6.07) is 6.86. The maximum Gasteiger partial charge on any atom is 0.285 e. The van der Waals surface area contributed by atoms with E-state index >= 15 is 0 Å². The van der Waals surface area contributed by atoms with Crippen LogP contribution in [0.5, 0.6) is 0 Å². The molecule has 2 aliphatic rings. The van der Waals surface area contributed by atoms with Crippen molar-refractivity contribution in [1.29, 1.82) is 0 Å². The van der Waals surface area contributed by atoms with Crippen molar-refractivity contribution in [1.82, 2.24) is 24.4 Å². The van der Waals surface area contributed by atoms with Gasteiger partial charge in [-0.15, -0.1) is 0 Å². The number of rotatable bonds is 2. The molecule has 0 radical (unpaired) electrons. The molecule has 8 nitrogen and oxygen atoms in total. The molecule has 9 heteroatoms. The monoisotopic (exact) mass is 425 g/mol. The van der Waals surface area contributed by atoms with Crippen molar-refractivity contribution < 1.29 is 0 Å². The van der Waals surface area contributed by atoms with Crippen molar-refractivity contribution in [2.24, 2.45) is 0 Å². The quantitative estimate of drug-likeness (QED) is 0.675. The molecular formula is C21H24ClN7O. The van der Waals surface area contributed by atoms with Gasteiger partial charge in [-0.2, -0.15) is 4.98 Å². The fourth-order valence-electron chi connectivity index (χ4n) is 4.32. The maximum atomic E-state index is 12.3. The molecule has 1 aromatic carbocycles. The van der Waals surface area contributed by atoms with E-state index in [1.165, 1.54) is 0 Å². The molecule has 2 atom stereocenters. The van der Waals surface area contributed by atoms with E-state index in [0.29, 0.717) is 39.9 Å². The SMILES string of the molecule is C[C@@H]1CN(c2ccc(-c3ncc4c(=O)nc5n(c4n3)CCN5)cc2Cl)C[C@H](C)N1C. The number of nitrogens with one attached hydrogen (secondary N) is 1. The van der Waals surface area contributed by atoms with Crippen molar-refractivity contribution >= 4 is 34.3 Å². The summed E-state index contributed by atoms with van der Waals surface area (Å²) in [5.41, 5.74) is 2.13. The summed E-state index contributed by atoms with van der Waals surface area (Å²) in [4.78, 5) is 30.2. The number of fused-ring (bicyclic) bond motifs is 3. The summed E-state index contributed by atoms with van der Waals surface area (Å²) in [6.07, 6.45) is 1.56. The van der Waals surface area contributed by atoms with Gasteiger partial charge in [0.25, 0.3) is 5.56 Å². The van der Waals surface area contributed by atoms with Gasteiger partial charge in [-0.1, -0.05) is 11.6 Å². The lowest BCUT2D eigenvalue weighted by Crippen LogP contribution is -2.55. The fourth-order valence-corrected chi connectivity index (χ4v) is 4.62. The number of benzene rings is 1. The first-order valence-corrected chi connectivity index (χ1v) is 10.6. The molecule has 1 N–H and O–H groups in total. The predicted molar refractivity (Wildman–Crippen MR) is 119 cm³/mol. The number of hydrogen-bond donors (Lipinski definition) is 1. The van der Waals surface area contributed by atoms with Crippen molar-refractivity contribution in [2.45, 2.75) is 32.5 Å². The van der Waals surface area contributed by atoms with Gasteiger partial charge in [0.15, 0.2) is 11.5 Å². The minimum Gasteiger partial charge on any atom is -0.367 e. The third-order valence-electron chi connectivity index (χ3n) is 6.24. The molecule has 3 aromatic rings. The Hall–Kier alpha value is -2.71. The normalized spacial score (nSPS) is 21.7. The van der Waals surface area contributed by atoms with Gasteiger partial charge in [0.2, 0.25) is 5.95 Å². The highest BCUT2D eigenvalue weighted by atomic mass is 35.5. The van der Waals surface area contributed by atoms with Gasteiger partial charge in [0.05, 0.1) is 10.7 Å². The zero-order valence-corrected chi connectivity index (χ0v) is 18.0. The van der Waals surface area contributed by atoms with Crippen molar-refractivity contribution in [3.63, 3.8) is 0 Å². The van der Waals surface area contributed by atoms with Crippen LogP contribution in [0.15, 0.2) is 29.2 Å². The molecule has 0 bridgehead atoms. The molecule has 5 rings (SSSR count). The minimum absolute atomic E-state index is 0.316. The van der Waals surface area contributed by atoms with Crippen molar-refractivity contribution in [3.8, 4) is 11.4 Å².